The molecule has 37 heavy (non-hydrogen) atoms. The van der Waals surface area contributed by atoms with Crippen molar-refractivity contribution in [2.75, 3.05) is 39.3 Å². The summed E-state index contributed by atoms with van der Waals surface area (Å²) in [6.07, 6.45) is 0.491. The third-order valence-electron chi connectivity index (χ3n) is 5.52. The molecule has 0 spiro atoms. The van der Waals surface area contributed by atoms with Gasteiger partial charge in [-0.15, -0.1) is 0 Å². The number of methoxy groups -OCH3 is 1. The van der Waals surface area contributed by atoms with Gasteiger partial charge in [0.05, 0.1) is 48.6 Å². The molecule has 3 rings (SSSR count). The summed E-state index contributed by atoms with van der Waals surface area (Å²) < 4.78 is 22.1. The van der Waals surface area contributed by atoms with Gasteiger partial charge in [-0.25, -0.2) is 4.79 Å². The van der Waals surface area contributed by atoms with E-state index in [4.69, 9.17) is 29.8 Å². The number of benzene rings is 2. The number of carbonyl (C=O) groups excluding carboxylic acids is 2. The van der Waals surface area contributed by atoms with E-state index in [9.17, 15) is 9.59 Å². The summed E-state index contributed by atoms with van der Waals surface area (Å²) >= 11 is 0. The van der Waals surface area contributed by atoms with Crippen LogP contribution in [0.4, 0.5) is 5.69 Å². The van der Waals surface area contributed by atoms with E-state index in [1.54, 1.807) is 50.2 Å². The summed E-state index contributed by atoms with van der Waals surface area (Å²) in [5, 5.41) is 12.3. The van der Waals surface area contributed by atoms with Crippen molar-refractivity contribution in [3.05, 3.63) is 53.2 Å². The number of nitrogen functional groups attached to an aromatic ring is 1. The predicted octanol–water partition coefficient (Wildman–Crippen LogP) is 3.27. The number of aryl methyl sites for hydroxylation is 1. The number of aliphatic hydroxyl groups is 1. The summed E-state index contributed by atoms with van der Waals surface area (Å²) in [5.41, 5.74) is 8.27. The normalized spacial score (nSPS) is 11.6. The maximum absolute atomic E-state index is 12.8. The van der Waals surface area contributed by atoms with Crippen LogP contribution in [-0.2, 0) is 4.74 Å². The molecule has 10 nitrogen and oxygen atoms in total. The second kappa shape index (κ2) is 12.8. The van der Waals surface area contributed by atoms with Gasteiger partial charge in [-0.05, 0) is 51.1 Å². The van der Waals surface area contributed by atoms with Crippen LogP contribution in [-0.4, -0.2) is 61.5 Å². The highest BCUT2D eigenvalue weighted by Crippen LogP contribution is 2.34. The average molecular weight is 512 g/mol. The van der Waals surface area contributed by atoms with Crippen LogP contribution in [0.5, 0.6) is 17.2 Å². The molecule has 0 saturated heterocycles. The predicted molar refractivity (Wildman–Crippen MR) is 139 cm³/mol. The molecule has 0 bridgehead atoms. The molecule has 1 heterocycles. The number of fused-ring (bicyclic) bond motifs is 1. The van der Waals surface area contributed by atoms with Crippen LogP contribution in [0.2, 0.25) is 0 Å². The standard InChI is InChI=1S/C27H33N3O7/c1-5-35-27(33)23-17(3)30-19-8-6-9-21(24(19)25(23)28)37-15-16(2)29-26(32)18-10-11-20(22(14-18)34-4)36-13-7-12-31/h6,8-11,14,16,31H,5,7,12-13,15H2,1-4H3,(H2,28,30)(H,29,32)/t16-/m0/s1. The zero-order chi connectivity index (χ0) is 26.9. The first-order chi connectivity index (χ1) is 17.8. The first-order valence-corrected chi connectivity index (χ1v) is 12.0. The molecule has 0 aliphatic rings. The van der Waals surface area contributed by atoms with Crippen LogP contribution >= 0.6 is 0 Å². The number of anilines is 1. The summed E-state index contributed by atoms with van der Waals surface area (Å²) in [6, 6.07) is 9.83. The Kier molecular flexibility index (Phi) is 9.51. The Morgan fingerprint density at radius 1 is 1.14 bits per heavy atom. The Labute approximate surface area is 215 Å². The second-order valence-corrected chi connectivity index (χ2v) is 8.33. The Morgan fingerprint density at radius 3 is 2.62 bits per heavy atom. The van der Waals surface area contributed by atoms with Crippen LogP contribution in [0.3, 0.4) is 0 Å². The zero-order valence-corrected chi connectivity index (χ0v) is 21.5. The van der Waals surface area contributed by atoms with Crippen molar-refractivity contribution in [3.63, 3.8) is 0 Å². The van der Waals surface area contributed by atoms with Crippen molar-refractivity contribution in [3.8, 4) is 17.2 Å². The highest BCUT2D eigenvalue weighted by Gasteiger charge is 2.21. The first-order valence-electron chi connectivity index (χ1n) is 12.0. The lowest BCUT2D eigenvalue weighted by Crippen LogP contribution is -2.36. The SMILES string of the molecule is CCOC(=O)c1c(C)nc2cccc(OC[C@H](C)NC(=O)c3ccc(OCCCO)c(OC)c3)c2c1N. The fourth-order valence-corrected chi connectivity index (χ4v) is 3.76. The maximum atomic E-state index is 12.8. The lowest BCUT2D eigenvalue weighted by Gasteiger charge is -2.18. The third kappa shape index (κ3) is 6.59. The minimum atomic E-state index is -0.539. The lowest BCUT2D eigenvalue weighted by atomic mass is 10.1. The van der Waals surface area contributed by atoms with Gasteiger partial charge in [0.2, 0.25) is 0 Å². The van der Waals surface area contributed by atoms with Crippen LogP contribution in [0, 0.1) is 6.92 Å². The number of pyridine rings is 1. The molecule has 1 aromatic heterocycles. The van der Waals surface area contributed by atoms with Gasteiger partial charge >= 0.3 is 5.97 Å². The summed E-state index contributed by atoms with van der Waals surface area (Å²) in [4.78, 5) is 29.7. The van der Waals surface area contributed by atoms with E-state index in [1.165, 1.54) is 7.11 Å². The Balaban J connectivity index is 1.72. The smallest absolute Gasteiger partial charge is 0.342 e. The molecule has 0 fully saturated rings. The van der Waals surface area contributed by atoms with Gasteiger partial charge < -0.3 is 35.1 Å². The highest BCUT2D eigenvalue weighted by molar-refractivity contribution is 6.07. The number of nitrogens with zero attached hydrogens (tertiary/aromatic N) is 1. The van der Waals surface area contributed by atoms with Crippen LogP contribution in [0.15, 0.2) is 36.4 Å². The Hall–Kier alpha value is -4.05. The minimum absolute atomic E-state index is 0.0246. The van der Waals surface area contributed by atoms with Crippen LogP contribution in [0.25, 0.3) is 10.9 Å². The molecule has 0 radical (unpaired) electrons. The number of hydrogen-bond donors (Lipinski definition) is 3. The summed E-state index contributed by atoms with van der Waals surface area (Å²) in [5.74, 6) is 0.503. The van der Waals surface area contributed by atoms with E-state index >= 15 is 0 Å². The Morgan fingerprint density at radius 2 is 1.92 bits per heavy atom. The molecule has 1 atom stereocenters. The highest BCUT2D eigenvalue weighted by atomic mass is 16.5. The van der Waals surface area contributed by atoms with E-state index < -0.39 is 5.97 Å². The summed E-state index contributed by atoms with van der Waals surface area (Å²) in [7, 11) is 1.49. The van der Waals surface area contributed by atoms with Crippen LogP contribution < -0.4 is 25.3 Å². The van der Waals surface area contributed by atoms with Crippen molar-refractivity contribution in [2.45, 2.75) is 33.2 Å². The van der Waals surface area contributed by atoms with Crippen molar-refractivity contribution in [1.29, 1.82) is 0 Å². The molecule has 1 amide bonds. The number of rotatable bonds is 12. The van der Waals surface area contributed by atoms with E-state index in [2.05, 4.69) is 10.3 Å². The largest absolute Gasteiger partial charge is 0.493 e. The molecule has 198 valence electrons. The van der Waals surface area contributed by atoms with Crippen LogP contribution in [0.1, 0.15) is 46.7 Å². The zero-order valence-electron chi connectivity index (χ0n) is 21.5. The molecule has 0 unspecified atom stereocenters. The third-order valence-corrected chi connectivity index (χ3v) is 5.52. The molecule has 0 aliphatic carbocycles. The minimum Gasteiger partial charge on any atom is -0.493 e. The van der Waals surface area contributed by atoms with E-state index in [0.29, 0.717) is 52.4 Å². The number of carbonyl (C=O) groups is 2. The maximum Gasteiger partial charge on any atom is 0.342 e. The van der Waals surface area contributed by atoms with Crippen molar-refractivity contribution in [2.24, 2.45) is 0 Å². The van der Waals surface area contributed by atoms with Crippen molar-refractivity contribution in [1.82, 2.24) is 10.3 Å². The molecular formula is C27H33N3O7. The van der Waals surface area contributed by atoms with Gasteiger partial charge in [-0.2, -0.15) is 0 Å². The topological polar surface area (TPSA) is 142 Å². The van der Waals surface area contributed by atoms with E-state index in [1.807, 2.05) is 6.92 Å². The number of esters is 1. The number of nitrogens with one attached hydrogen (secondary N) is 1. The van der Waals surface area contributed by atoms with Crippen molar-refractivity contribution >= 4 is 28.5 Å². The van der Waals surface area contributed by atoms with Gasteiger partial charge in [0.25, 0.3) is 5.91 Å². The monoisotopic (exact) mass is 511 g/mol. The van der Waals surface area contributed by atoms with Gasteiger partial charge in [0.15, 0.2) is 11.5 Å². The molecular weight excluding hydrogens is 478 g/mol. The molecule has 2 aromatic carbocycles. The molecule has 4 N–H and O–H groups in total. The number of hydrogen-bond acceptors (Lipinski definition) is 9. The fourth-order valence-electron chi connectivity index (χ4n) is 3.76. The number of nitrogens with two attached hydrogens (primary N) is 1. The number of aliphatic hydroxyl groups excluding tert-OH is 1. The van der Waals surface area contributed by atoms with E-state index in [-0.39, 0.29) is 43.0 Å². The van der Waals surface area contributed by atoms with Gasteiger partial charge in [-0.1, -0.05) is 6.07 Å². The van der Waals surface area contributed by atoms with Gasteiger partial charge in [0, 0.05) is 18.6 Å². The number of aromatic nitrogens is 1. The fraction of sp³-hybridized carbons (Fsp3) is 0.370. The second-order valence-electron chi connectivity index (χ2n) is 8.33. The molecule has 3 aromatic rings. The molecule has 10 heteroatoms. The van der Waals surface area contributed by atoms with Gasteiger partial charge in [-0.3, -0.25) is 9.78 Å². The molecule has 0 aliphatic heterocycles. The number of ether oxygens (including phenoxy) is 4. The quantitative estimate of drug-likeness (QED) is 0.247. The molecule has 0 saturated carbocycles. The number of amides is 1. The van der Waals surface area contributed by atoms with Crippen molar-refractivity contribution < 1.29 is 33.6 Å². The lowest BCUT2D eigenvalue weighted by molar-refractivity contribution is 0.0526. The Bertz CT molecular complexity index is 1260. The summed E-state index contributed by atoms with van der Waals surface area (Å²) in [6.45, 7) is 5.96. The van der Waals surface area contributed by atoms with Gasteiger partial charge in [0.1, 0.15) is 17.9 Å². The average Bonchev–Trinajstić information content (AvgIpc) is 2.87. The van der Waals surface area contributed by atoms with E-state index in [0.717, 1.165) is 0 Å². The first kappa shape index (κ1) is 27.5.